The number of nitrogens with zero attached hydrogens (tertiary/aromatic N) is 3. The molecule has 4 aromatic rings. The highest BCUT2D eigenvalue weighted by Gasteiger charge is 2.11. The summed E-state index contributed by atoms with van der Waals surface area (Å²) in [5.74, 6) is 0. The second-order valence-electron chi connectivity index (χ2n) is 5.43. The summed E-state index contributed by atoms with van der Waals surface area (Å²) in [5, 5.41) is 2.13. The van der Waals surface area contributed by atoms with Gasteiger partial charge >= 0.3 is 0 Å². The number of furan rings is 1. The highest BCUT2D eigenvalue weighted by Crippen LogP contribution is 2.30. The number of hydrogen-bond acceptors (Lipinski definition) is 2. The van der Waals surface area contributed by atoms with Gasteiger partial charge in [-0.2, -0.15) is 0 Å². The lowest BCUT2D eigenvalue weighted by Gasteiger charge is -2.03. The molecule has 0 atom stereocenters. The van der Waals surface area contributed by atoms with Crippen molar-refractivity contribution in [1.82, 2.24) is 9.55 Å². The molecule has 4 heteroatoms. The highest BCUT2D eigenvalue weighted by molar-refractivity contribution is 6.06. The van der Waals surface area contributed by atoms with Crippen molar-refractivity contribution in [3.63, 3.8) is 0 Å². The topological polar surface area (TPSA) is 34.8 Å². The number of aryl methyl sites for hydroxylation is 1. The minimum absolute atomic E-state index is 0.677. The third-order valence-corrected chi connectivity index (χ3v) is 3.90. The van der Waals surface area contributed by atoms with Crippen LogP contribution < -0.4 is 4.57 Å². The molecule has 0 spiro atoms. The number of para-hydroxylation sites is 1. The van der Waals surface area contributed by atoms with Crippen LogP contribution in [-0.2, 0) is 6.54 Å². The van der Waals surface area contributed by atoms with Crippen molar-refractivity contribution >= 4 is 22.1 Å². The molecule has 0 aliphatic rings. The van der Waals surface area contributed by atoms with E-state index in [-0.39, 0.29) is 0 Å². The summed E-state index contributed by atoms with van der Waals surface area (Å²) in [7, 11) is 0. The molecule has 0 aliphatic carbocycles. The molecule has 110 valence electrons. The van der Waals surface area contributed by atoms with E-state index in [0.29, 0.717) is 5.71 Å². The fraction of sp³-hybridized carbons (Fsp3) is 0.222. The predicted molar refractivity (Wildman–Crippen MR) is 84.8 cm³/mol. The number of aromatic nitrogens is 3. The van der Waals surface area contributed by atoms with Crippen LogP contribution in [0.4, 0.5) is 0 Å². The Bertz CT molecular complexity index is 936. The summed E-state index contributed by atoms with van der Waals surface area (Å²) < 4.78 is 10.0. The maximum Gasteiger partial charge on any atom is 0.243 e. The van der Waals surface area contributed by atoms with Crippen molar-refractivity contribution in [2.75, 3.05) is 0 Å². The zero-order valence-electron chi connectivity index (χ0n) is 12.5. The minimum atomic E-state index is 0.677. The molecule has 0 saturated heterocycles. The fourth-order valence-corrected chi connectivity index (χ4v) is 2.75. The van der Waals surface area contributed by atoms with Crippen LogP contribution in [-0.4, -0.2) is 9.55 Å². The SMILES string of the molecule is CCCC[n+]1[c-]n(-c2cccc3c2oc2ncccc23)cc1. The van der Waals surface area contributed by atoms with Gasteiger partial charge in [0, 0.05) is 29.4 Å². The molecule has 0 amide bonds. The summed E-state index contributed by atoms with van der Waals surface area (Å²) >= 11 is 0. The molecule has 0 radical (unpaired) electrons. The molecule has 3 aromatic heterocycles. The van der Waals surface area contributed by atoms with E-state index in [2.05, 4.69) is 35.1 Å². The van der Waals surface area contributed by atoms with Crippen molar-refractivity contribution in [3.05, 3.63) is 55.2 Å². The second kappa shape index (κ2) is 5.30. The van der Waals surface area contributed by atoms with E-state index in [1.54, 1.807) is 6.20 Å². The summed E-state index contributed by atoms with van der Waals surface area (Å²) in [4.78, 5) is 4.31. The first-order valence-electron chi connectivity index (χ1n) is 7.63. The quantitative estimate of drug-likeness (QED) is 0.425. The molecule has 4 nitrogen and oxygen atoms in total. The molecule has 22 heavy (non-hydrogen) atoms. The standard InChI is InChI=1S/C18H17N3O/c1-2-3-10-20-11-12-21(13-20)16-8-4-6-14-15-7-5-9-19-18(15)22-17(14)16/h4-9,11-12H,2-3,10H2,1H3. The molecular weight excluding hydrogens is 274 g/mol. The van der Waals surface area contributed by atoms with E-state index in [1.807, 2.05) is 35.0 Å². The smallest absolute Gasteiger partial charge is 0.243 e. The molecule has 4 rings (SSSR count). The average Bonchev–Trinajstić information content (AvgIpc) is 3.17. The average molecular weight is 291 g/mol. The van der Waals surface area contributed by atoms with Crippen LogP contribution in [0.2, 0.25) is 0 Å². The summed E-state index contributed by atoms with van der Waals surface area (Å²) in [5.41, 5.74) is 2.52. The lowest BCUT2D eigenvalue weighted by Crippen LogP contribution is -2.31. The number of pyridine rings is 1. The number of hydrogen-bond donors (Lipinski definition) is 0. The predicted octanol–water partition coefficient (Wildman–Crippen LogP) is 3.66. The van der Waals surface area contributed by atoms with Gasteiger partial charge in [-0.3, -0.25) is 0 Å². The first-order chi connectivity index (χ1) is 10.9. The van der Waals surface area contributed by atoms with E-state index >= 15 is 0 Å². The van der Waals surface area contributed by atoms with Crippen molar-refractivity contribution in [1.29, 1.82) is 0 Å². The normalized spacial score (nSPS) is 11.5. The number of imidazole rings is 1. The monoisotopic (exact) mass is 291 g/mol. The summed E-state index contributed by atoms with van der Waals surface area (Å²) in [6.45, 7) is 3.18. The molecule has 0 N–H and O–H groups in total. The van der Waals surface area contributed by atoms with Gasteiger partial charge in [-0.05, 0) is 18.6 Å². The Morgan fingerprint density at radius 3 is 3.05 bits per heavy atom. The highest BCUT2D eigenvalue weighted by atomic mass is 16.3. The molecule has 0 fully saturated rings. The van der Waals surface area contributed by atoms with Crippen molar-refractivity contribution in [2.24, 2.45) is 0 Å². The van der Waals surface area contributed by atoms with Gasteiger partial charge in [-0.25, -0.2) is 4.98 Å². The van der Waals surface area contributed by atoms with E-state index in [4.69, 9.17) is 4.42 Å². The first kappa shape index (κ1) is 13.1. The molecule has 3 heterocycles. The lowest BCUT2D eigenvalue weighted by atomic mass is 10.2. The van der Waals surface area contributed by atoms with Crippen LogP contribution in [0.15, 0.2) is 53.3 Å². The van der Waals surface area contributed by atoms with Gasteiger partial charge in [-0.1, -0.05) is 31.5 Å². The number of fused-ring (bicyclic) bond motifs is 3. The van der Waals surface area contributed by atoms with E-state index in [1.165, 1.54) is 6.42 Å². The van der Waals surface area contributed by atoms with E-state index in [0.717, 1.165) is 35.0 Å². The molecule has 0 saturated carbocycles. The maximum absolute atomic E-state index is 5.97. The van der Waals surface area contributed by atoms with Gasteiger partial charge in [0.2, 0.25) is 12.0 Å². The number of benzene rings is 1. The van der Waals surface area contributed by atoms with Crippen LogP contribution in [0, 0.1) is 6.33 Å². The first-order valence-corrected chi connectivity index (χ1v) is 7.63. The summed E-state index contributed by atoms with van der Waals surface area (Å²) in [6.07, 6.45) is 11.5. The van der Waals surface area contributed by atoms with Crippen LogP contribution in [0.3, 0.4) is 0 Å². The minimum Gasteiger partial charge on any atom is -0.443 e. The van der Waals surface area contributed by atoms with Gasteiger partial charge in [0.1, 0.15) is 5.58 Å². The van der Waals surface area contributed by atoms with Crippen LogP contribution in [0.5, 0.6) is 0 Å². The zero-order valence-corrected chi connectivity index (χ0v) is 12.5. The van der Waals surface area contributed by atoms with Gasteiger partial charge < -0.3 is 13.6 Å². The van der Waals surface area contributed by atoms with Gasteiger partial charge in [0.25, 0.3) is 0 Å². The van der Waals surface area contributed by atoms with Crippen LogP contribution in [0.25, 0.3) is 27.8 Å². The molecule has 0 bridgehead atoms. The molecule has 1 aromatic carbocycles. The van der Waals surface area contributed by atoms with E-state index in [9.17, 15) is 0 Å². The van der Waals surface area contributed by atoms with Crippen molar-refractivity contribution in [2.45, 2.75) is 26.3 Å². The van der Waals surface area contributed by atoms with Crippen molar-refractivity contribution < 1.29 is 8.98 Å². The Kier molecular flexibility index (Phi) is 3.15. The second-order valence-corrected chi connectivity index (χ2v) is 5.43. The van der Waals surface area contributed by atoms with Gasteiger partial charge in [0.15, 0.2) is 0 Å². The molecular formula is C18H17N3O. The molecule has 0 aliphatic heterocycles. The number of rotatable bonds is 4. The number of unbranched alkanes of at least 4 members (excludes halogenated alkanes) is 1. The lowest BCUT2D eigenvalue weighted by molar-refractivity contribution is -0.700. The Morgan fingerprint density at radius 2 is 2.14 bits per heavy atom. The van der Waals surface area contributed by atoms with Crippen LogP contribution in [0.1, 0.15) is 19.8 Å². The third-order valence-electron chi connectivity index (χ3n) is 3.90. The third kappa shape index (κ3) is 2.08. The fourth-order valence-electron chi connectivity index (χ4n) is 2.75. The zero-order chi connectivity index (χ0) is 14.9. The Hall–Kier alpha value is -2.62. The summed E-state index contributed by atoms with van der Waals surface area (Å²) in [6, 6.07) is 10.1. The van der Waals surface area contributed by atoms with Gasteiger partial charge in [0.05, 0.1) is 12.2 Å². The van der Waals surface area contributed by atoms with Gasteiger partial charge in [-0.15, -0.1) is 0 Å². The Labute approximate surface area is 128 Å². The van der Waals surface area contributed by atoms with Crippen LogP contribution >= 0.6 is 0 Å². The molecule has 0 unspecified atom stereocenters. The van der Waals surface area contributed by atoms with Crippen molar-refractivity contribution in [3.8, 4) is 5.69 Å². The Morgan fingerprint density at radius 1 is 1.23 bits per heavy atom. The van der Waals surface area contributed by atoms with E-state index < -0.39 is 0 Å². The maximum atomic E-state index is 5.97. The largest absolute Gasteiger partial charge is 0.443 e. The Balaban J connectivity index is 1.86.